The lowest BCUT2D eigenvalue weighted by atomic mass is 9.96. The van der Waals surface area contributed by atoms with Gasteiger partial charge in [0.25, 0.3) is 0 Å². The summed E-state index contributed by atoms with van der Waals surface area (Å²) in [5, 5.41) is 9.66. The Morgan fingerprint density at radius 2 is 1.96 bits per heavy atom. The molecule has 2 aromatic rings. The molecule has 0 bridgehead atoms. The van der Waals surface area contributed by atoms with Crippen LogP contribution in [0.1, 0.15) is 32.2 Å². The molecule has 0 spiro atoms. The fraction of sp³-hybridized carbons (Fsp3) is 0.438. The largest absolute Gasteiger partial charge is 0.341 e. The van der Waals surface area contributed by atoms with Crippen LogP contribution in [0.25, 0.3) is 0 Å². The molecule has 0 saturated carbocycles. The van der Waals surface area contributed by atoms with E-state index in [1.807, 2.05) is 26.8 Å². The van der Waals surface area contributed by atoms with Gasteiger partial charge in [-0.25, -0.2) is 4.68 Å². The van der Waals surface area contributed by atoms with E-state index in [1.165, 1.54) is 16.4 Å². The summed E-state index contributed by atoms with van der Waals surface area (Å²) in [5.74, 6) is 6.87. The fourth-order valence-electron chi connectivity index (χ4n) is 2.12. The van der Waals surface area contributed by atoms with Crippen molar-refractivity contribution in [3.8, 4) is 0 Å². The molecule has 0 aliphatic carbocycles. The molecule has 0 fully saturated rings. The SMILES string of the molecule is CN(Cc1ccc(Cl)c(Cl)c1)C(=O)CSc1nnc(C(C)(C)C)n1N. The van der Waals surface area contributed by atoms with Gasteiger partial charge in [-0.05, 0) is 17.7 Å². The van der Waals surface area contributed by atoms with E-state index in [-0.39, 0.29) is 17.1 Å². The molecule has 2 N–H and O–H groups in total. The Bertz CT molecular complexity index is 772. The van der Waals surface area contributed by atoms with E-state index in [0.29, 0.717) is 27.6 Å². The second kappa shape index (κ2) is 7.85. The molecule has 0 aliphatic rings. The van der Waals surface area contributed by atoms with Gasteiger partial charge in [0, 0.05) is 19.0 Å². The van der Waals surface area contributed by atoms with Gasteiger partial charge in [-0.1, -0.05) is 61.8 Å². The molecule has 0 atom stereocenters. The predicted octanol–water partition coefficient (Wildman–Crippen LogP) is 3.35. The maximum atomic E-state index is 12.3. The molecular formula is C16H21Cl2N5OS. The zero-order valence-corrected chi connectivity index (χ0v) is 16.9. The van der Waals surface area contributed by atoms with Crippen LogP contribution in [0.3, 0.4) is 0 Å². The van der Waals surface area contributed by atoms with Gasteiger partial charge in [0.2, 0.25) is 11.1 Å². The Balaban J connectivity index is 1.95. The van der Waals surface area contributed by atoms with E-state index >= 15 is 0 Å². The third-order valence-corrected chi connectivity index (χ3v) is 5.16. The van der Waals surface area contributed by atoms with E-state index in [9.17, 15) is 4.79 Å². The number of rotatable bonds is 5. The summed E-state index contributed by atoms with van der Waals surface area (Å²) < 4.78 is 1.44. The molecule has 9 heteroatoms. The Morgan fingerprint density at radius 1 is 1.28 bits per heavy atom. The highest BCUT2D eigenvalue weighted by atomic mass is 35.5. The number of nitrogen functional groups attached to an aromatic ring is 1. The van der Waals surface area contributed by atoms with Crippen LogP contribution in [0.5, 0.6) is 0 Å². The quantitative estimate of drug-likeness (QED) is 0.613. The van der Waals surface area contributed by atoms with Gasteiger partial charge in [0.1, 0.15) is 0 Å². The minimum atomic E-state index is -0.213. The van der Waals surface area contributed by atoms with Crippen molar-refractivity contribution in [2.45, 2.75) is 37.9 Å². The fourth-order valence-corrected chi connectivity index (χ4v) is 3.24. The highest BCUT2D eigenvalue weighted by Gasteiger charge is 2.23. The molecule has 0 saturated heterocycles. The highest BCUT2D eigenvalue weighted by molar-refractivity contribution is 7.99. The normalized spacial score (nSPS) is 11.6. The van der Waals surface area contributed by atoms with E-state index in [2.05, 4.69) is 10.2 Å². The Hall–Kier alpha value is -1.44. The molecule has 1 aromatic heterocycles. The van der Waals surface area contributed by atoms with Crippen molar-refractivity contribution >= 4 is 40.9 Å². The maximum absolute atomic E-state index is 12.3. The number of aromatic nitrogens is 3. The lowest BCUT2D eigenvalue weighted by Crippen LogP contribution is -2.28. The number of nitrogens with zero attached hydrogens (tertiary/aromatic N) is 4. The number of halogens is 2. The van der Waals surface area contributed by atoms with Gasteiger partial charge in [-0.15, -0.1) is 10.2 Å². The van der Waals surface area contributed by atoms with Crippen LogP contribution < -0.4 is 5.84 Å². The predicted molar refractivity (Wildman–Crippen MR) is 103 cm³/mol. The number of hydrogen-bond acceptors (Lipinski definition) is 5. The summed E-state index contributed by atoms with van der Waals surface area (Å²) in [6.45, 7) is 6.46. The van der Waals surface area contributed by atoms with Crippen molar-refractivity contribution in [3.05, 3.63) is 39.6 Å². The molecule has 1 amide bonds. The van der Waals surface area contributed by atoms with Crippen molar-refractivity contribution in [3.63, 3.8) is 0 Å². The molecule has 136 valence electrons. The molecule has 0 aliphatic heterocycles. The lowest BCUT2D eigenvalue weighted by Gasteiger charge is -2.18. The number of carbonyl (C=O) groups excluding carboxylic acids is 1. The van der Waals surface area contributed by atoms with Crippen molar-refractivity contribution in [1.82, 2.24) is 19.8 Å². The topological polar surface area (TPSA) is 77.0 Å². The standard InChI is InChI=1S/C16H21Cl2N5OS/c1-16(2,3)14-20-21-15(23(14)19)25-9-13(24)22(4)8-10-5-6-11(17)12(18)7-10/h5-7H,8-9,19H2,1-4H3. The smallest absolute Gasteiger partial charge is 0.233 e. The molecule has 25 heavy (non-hydrogen) atoms. The third-order valence-electron chi connectivity index (χ3n) is 3.49. The van der Waals surface area contributed by atoms with Crippen molar-refractivity contribution in [2.24, 2.45) is 0 Å². The number of benzene rings is 1. The highest BCUT2D eigenvalue weighted by Crippen LogP contribution is 2.24. The van der Waals surface area contributed by atoms with Gasteiger partial charge >= 0.3 is 0 Å². The second-order valence-electron chi connectivity index (χ2n) is 6.71. The van der Waals surface area contributed by atoms with Crippen molar-refractivity contribution in [2.75, 3.05) is 18.6 Å². The minimum Gasteiger partial charge on any atom is -0.341 e. The van der Waals surface area contributed by atoms with Crippen molar-refractivity contribution < 1.29 is 4.79 Å². The average Bonchev–Trinajstić information content (AvgIpc) is 2.89. The monoisotopic (exact) mass is 401 g/mol. The number of amides is 1. The Morgan fingerprint density at radius 3 is 2.52 bits per heavy atom. The Labute approximate surface area is 161 Å². The van der Waals surface area contributed by atoms with Crippen LogP contribution in [-0.2, 0) is 16.8 Å². The van der Waals surface area contributed by atoms with Gasteiger partial charge in [0.15, 0.2) is 5.82 Å². The Kier molecular flexibility index (Phi) is 6.24. The zero-order chi connectivity index (χ0) is 18.8. The summed E-state index contributed by atoms with van der Waals surface area (Å²) in [6.07, 6.45) is 0. The van der Waals surface area contributed by atoms with E-state index in [4.69, 9.17) is 29.0 Å². The first-order valence-electron chi connectivity index (χ1n) is 7.61. The van der Waals surface area contributed by atoms with Gasteiger partial charge in [-0.3, -0.25) is 4.79 Å². The van der Waals surface area contributed by atoms with Gasteiger partial charge in [-0.2, -0.15) is 0 Å². The van der Waals surface area contributed by atoms with Crippen LogP contribution in [0.15, 0.2) is 23.4 Å². The minimum absolute atomic E-state index is 0.0450. The zero-order valence-electron chi connectivity index (χ0n) is 14.6. The van der Waals surface area contributed by atoms with E-state index < -0.39 is 0 Å². The van der Waals surface area contributed by atoms with E-state index in [1.54, 1.807) is 24.1 Å². The molecule has 0 unspecified atom stereocenters. The summed E-state index contributed by atoms with van der Waals surface area (Å²) in [5.41, 5.74) is 0.696. The molecular weight excluding hydrogens is 381 g/mol. The van der Waals surface area contributed by atoms with Crippen LogP contribution in [0, 0.1) is 0 Å². The first-order valence-corrected chi connectivity index (χ1v) is 9.35. The van der Waals surface area contributed by atoms with Crippen LogP contribution in [0.4, 0.5) is 0 Å². The number of nitrogens with two attached hydrogens (primary N) is 1. The van der Waals surface area contributed by atoms with Crippen LogP contribution in [0.2, 0.25) is 10.0 Å². The first-order chi connectivity index (χ1) is 11.6. The van der Waals surface area contributed by atoms with Gasteiger partial charge < -0.3 is 10.7 Å². The summed E-state index contributed by atoms with van der Waals surface area (Å²) in [7, 11) is 1.74. The number of thioether (sulfide) groups is 1. The maximum Gasteiger partial charge on any atom is 0.233 e. The molecule has 1 aromatic carbocycles. The molecule has 2 rings (SSSR count). The van der Waals surface area contributed by atoms with Crippen molar-refractivity contribution in [1.29, 1.82) is 0 Å². The lowest BCUT2D eigenvalue weighted by molar-refractivity contribution is -0.127. The molecule has 0 radical (unpaired) electrons. The number of hydrogen-bond donors (Lipinski definition) is 1. The third kappa shape index (κ3) is 5.03. The second-order valence-corrected chi connectivity index (χ2v) is 8.47. The van der Waals surface area contributed by atoms with Crippen LogP contribution >= 0.6 is 35.0 Å². The van der Waals surface area contributed by atoms with Gasteiger partial charge in [0.05, 0.1) is 15.8 Å². The van der Waals surface area contributed by atoms with E-state index in [0.717, 1.165) is 5.56 Å². The first kappa shape index (κ1) is 19.9. The molecule has 1 heterocycles. The van der Waals surface area contributed by atoms with Crippen LogP contribution in [-0.4, -0.2) is 38.5 Å². The average molecular weight is 402 g/mol. The summed E-state index contributed by atoms with van der Waals surface area (Å²) >= 11 is 13.2. The summed E-state index contributed by atoms with van der Waals surface area (Å²) in [4.78, 5) is 14.0. The number of carbonyl (C=O) groups is 1. The summed E-state index contributed by atoms with van der Waals surface area (Å²) in [6, 6.07) is 5.32. The molecule has 6 nitrogen and oxygen atoms in total.